The largest absolute Gasteiger partial charge is 0.480 e. The molecule has 3 nitrogen and oxygen atoms in total. The van der Waals surface area contributed by atoms with Gasteiger partial charge in [-0.25, -0.2) is 0 Å². The van der Waals surface area contributed by atoms with E-state index in [1.54, 1.807) is 11.8 Å². The first-order valence-electron chi connectivity index (χ1n) is 4.95. The van der Waals surface area contributed by atoms with Gasteiger partial charge in [0.15, 0.2) is 0 Å². The molecule has 1 N–H and O–H groups in total. The van der Waals surface area contributed by atoms with Gasteiger partial charge < -0.3 is 5.11 Å². The summed E-state index contributed by atoms with van der Waals surface area (Å²) in [4.78, 5) is 11.4. The Hall–Kier alpha value is -0.430. The van der Waals surface area contributed by atoms with Crippen LogP contribution in [0.15, 0.2) is 0 Å². The van der Waals surface area contributed by atoms with E-state index in [1.165, 1.54) is 0 Å². The number of carbonyl (C=O) groups is 1. The van der Waals surface area contributed by atoms with Crippen LogP contribution in [-0.4, -0.2) is 53.3 Å². The predicted octanol–water partition coefficient (Wildman–Crippen LogP) is 1.69. The maximum atomic E-state index is 12.2. The summed E-state index contributed by atoms with van der Waals surface area (Å²) in [6.45, 7) is -1.46. The van der Waals surface area contributed by atoms with E-state index in [4.69, 9.17) is 5.11 Å². The van der Waals surface area contributed by atoms with E-state index in [1.807, 2.05) is 0 Å². The molecule has 0 aromatic heterocycles. The van der Waals surface area contributed by atoms with Crippen LogP contribution < -0.4 is 0 Å². The van der Waals surface area contributed by atoms with Crippen molar-refractivity contribution in [3.8, 4) is 0 Å². The lowest BCUT2D eigenvalue weighted by Crippen LogP contribution is -2.40. The fourth-order valence-corrected chi connectivity index (χ4v) is 2.99. The van der Waals surface area contributed by atoms with Crippen molar-refractivity contribution in [1.29, 1.82) is 0 Å². The summed E-state index contributed by atoms with van der Waals surface area (Å²) in [7, 11) is 0. The number of rotatable bonds is 5. The minimum absolute atomic E-state index is 0.187. The molecule has 1 aliphatic heterocycles. The van der Waals surface area contributed by atoms with Gasteiger partial charge in [0.2, 0.25) is 0 Å². The third-order valence-electron chi connectivity index (χ3n) is 2.30. The Morgan fingerprint density at radius 3 is 2.62 bits per heavy atom. The number of hydrogen-bond acceptors (Lipinski definition) is 3. The lowest BCUT2D eigenvalue weighted by molar-refractivity contribution is -0.154. The van der Waals surface area contributed by atoms with Crippen LogP contribution >= 0.6 is 11.8 Å². The zero-order valence-corrected chi connectivity index (χ0v) is 9.48. The van der Waals surface area contributed by atoms with Gasteiger partial charge in [-0.2, -0.15) is 24.9 Å². The van der Waals surface area contributed by atoms with Crippen molar-refractivity contribution < 1.29 is 23.1 Å². The first-order valence-corrected chi connectivity index (χ1v) is 6.11. The Balaban J connectivity index is 2.45. The molecule has 0 saturated carbocycles. The van der Waals surface area contributed by atoms with E-state index in [0.717, 1.165) is 22.8 Å². The second-order valence-electron chi connectivity index (χ2n) is 3.91. The van der Waals surface area contributed by atoms with Crippen molar-refractivity contribution in [3.05, 3.63) is 0 Å². The van der Waals surface area contributed by atoms with Crippen LogP contribution in [0, 0.1) is 5.92 Å². The molecule has 94 valence electrons. The molecule has 0 aromatic rings. The van der Waals surface area contributed by atoms with E-state index in [2.05, 4.69) is 0 Å². The Morgan fingerprint density at radius 1 is 1.50 bits per heavy atom. The molecule has 7 heteroatoms. The molecule has 1 rings (SSSR count). The molecular weight excluding hydrogens is 243 g/mol. The standard InChI is InChI=1S/C9H14F3NO2S/c10-9(11,12)6-13(4-8(14)15)3-7-1-2-16-5-7/h7H,1-6H2,(H,14,15). The zero-order valence-electron chi connectivity index (χ0n) is 8.66. The van der Waals surface area contributed by atoms with Gasteiger partial charge in [-0.1, -0.05) is 0 Å². The average Bonchev–Trinajstić information content (AvgIpc) is 2.51. The Morgan fingerprint density at radius 2 is 2.19 bits per heavy atom. The molecule has 0 aromatic carbocycles. The van der Waals surface area contributed by atoms with Crippen LogP contribution in [0.1, 0.15) is 6.42 Å². The minimum atomic E-state index is -4.33. The molecule has 0 bridgehead atoms. The van der Waals surface area contributed by atoms with Crippen LogP contribution in [0.4, 0.5) is 13.2 Å². The van der Waals surface area contributed by atoms with E-state index in [9.17, 15) is 18.0 Å². The summed E-state index contributed by atoms with van der Waals surface area (Å²) in [5, 5.41) is 8.54. The summed E-state index contributed by atoms with van der Waals surface area (Å²) in [5.74, 6) is 0.757. The minimum Gasteiger partial charge on any atom is -0.480 e. The summed E-state index contributed by atoms with van der Waals surface area (Å²) < 4.78 is 36.6. The molecule has 0 radical (unpaired) electrons. The molecular formula is C9H14F3NO2S. The molecule has 1 saturated heterocycles. The van der Waals surface area contributed by atoms with Crippen LogP contribution in [0.25, 0.3) is 0 Å². The molecule has 0 aliphatic carbocycles. The maximum absolute atomic E-state index is 12.2. The Bertz CT molecular complexity index is 241. The third kappa shape index (κ3) is 5.60. The number of aliphatic carboxylic acids is 1. The summed E-state index contributed by atoms with van der Waals surface area (Å²) in [5.41, 5.74) is 0. The van der Waals surface area contributed by atoms with E-state index in [-0.39, 0.29) is 12.5 Å². The van der Waals surface area contributed by atoms with Gasteiger partial charge >= 0.3 is 12.1 Å². The van der Waals surface area contributed by atoms with Crippen molar-refractivity contribution in [1.82, 2.24) is 4.90 Å². The number of alkyl halides is 3. The molecule has 16 heavy (non-hydrogen) atoms. The second kappa shape index (κ2) is 5.77. The van der Waals surface area contributed by atoms with Crippen molar-refractivity contribution in [2.24, 2.45) is 5.92 Å². The van der Waals surface area contributed by atoms with E-state index < -0.39 is 25.2 Å². The summed E-state index contributed by atoms with van der Waals surface area (Å²) in [6, 6.07) is 0. The molecule has 1 aliphatic rings. The maximum Gasteiger partial charge on any atom is 0.401 e. The highest BCUT2D eigenvalue weighted by Crippen LogP contribution is 2.25. The number of thioether (sulfide) groups is 1. The van der Waals surface area contributed by atoms with Crippen LogP contribution in [0.3, 0.4) is 0 Å². The average molecular weight is 257 g/mol. The van der Waals surface area contributed by atoms with Gasteiger partial charge in [-0.15, -0.1) is 0 Å². The fourth-order valence-electron chi connectivity index (χ4n) is 1.72. The number of halogens is 3. The Labute approximate surface area is 96.0 Å². The van der Waals surface area contributed by atoms with Crippen molar-refractivity contribution in [3.63, 3.8) is 0 Å². The van der Waals surface area contributed by atoms with E-state index >= 15 is 0 Å². The van der Waals surface area contributed by atoms with Crippen LogP contribution in [0.5, 0.6) is 0 Å². The summed E-state index contributed by atoms with van der Waals surface area (Å²) in [6.07, 6.45) is -3.46. The molecule has 1 fully saturated rings. The predicted molar refractivity (Wildman–Crippen MR) is 55.6 cm³/mol. The normalized spacial score (nSPS) is 21.6. The molecule has 0 spiro atoms. The molecule has 1 unspecified atom stereocenters. The lowest BCUT2D eigenvalue weighted by Gasteiger charge is -2.24. The first kappa shape index (κ1) is 13.6. The van der Waals surface area contributed by atoms with Gasteiger partial charge in [0, 0.05) is 6.54 Å². The number of carboxylic acids is 1. The highest BCUT2D eigenvalue weighted by Gasteiger charge is 2.32. The van der Waals surface area contributed by atoms with Gasteiger partial charge in [-0.05, 0) is 23.8 Å². The smallest absolute Gasteiger partial charge is 0.401 e. The lowest BCUT2D eigenvalue weighted by atomic mass is 10.1. The van der Waals surface area contributed by atoms with Crippen LogP contribution in [0.2, 0.25) is 0 Å². The third-order valence-corrected chi connectivity index (χ3v) is 3.53. The molecule has 1 heterocycles. The topological polar surface area (TPSA) is 40.5 Å². The monoisotopic (exact) mass is 257 g/mol. The van der Waals surface area contributed by atoms with Gasteiger partial charge in [0.05, 0.1) is 13.1 Å². The first-order chi connectivity index (χ1) is 7.37. The quantitative estimate of drug-likeness (QED) is 0.813. The second-order valence-corrected chi connectivity index (χ2v) is 5.06. The fraction of sp³-hybridized carbons (Fsp3) is 0.889. The summed E-state index contributed by atoms with van der Waals surface area (Å²) >= 11 is 1.71. The van der Waals surface area contributed by atoms with Crippen molar-refractivity contribution in [2.45, 2.75) is 12.6 Å². The molecule has 0 amide bonds. The van der Waals surface area contributed by atoms with Gasteiger partial charge in [0.1, 0.15) is 0 Å². The van der Waals surface area contributed by atoms with Gasteiger partial charge in [-0.3, -0.25) is 9.69 Å². The number of hydrogen-bond donors (Lipinski definition) is 1. The highest BCUT2D eigenvalue weighted by atomic mass is 32.2. The molecule has 1 atom stereocenters. The Kier molecular flexibility index (Phi) is 4.91. The SMILES string of the molecule is O=C(O)CN(CC1CCSC1)CC(F)(F)F. The van der Waals surface area contributed by atoms with Crippen LogP contribution in [-0.2, 0) is 4.79 Å². The number of carboxylic acid groups (broad SMARTS) is 1. The number of nitrogens with zero attached hydrogens (tertiary/aromatic N) is 1. The van der Waals surface area contributed by atoms with E-state index in [0.29, 0.717) is 0 Å². The van der Waals surface area contributed by atoms with Gasteiger partial charge in [0.25, 0.3) is 0 Å². The zero-order chi connectivity index (χ0) is 12.2. The van der Waals surface area contributed by atoms with Crippen molar-refractivity contribution in [2.75, 3.05) is 31.1 Å². The highest BCUT2D eigenvalue weighted by molar-refractivity contribution is 7.99. The van der Waals surface area contributed by atoms with Crippen molar-refractivity contribution >= 4 is 17.7 Å².